The lowest BCUT2D eigenvalue weighted by molar-refractivity contribution is 0.102. The fourth-order valence-corrected chi connectivity index (χ4v) is 4.81. The van der Waals surface area contributed by atoms with Gasteiger partial charge >= 0.3 is 0 Å². The van der Waals surface area contributed by atoms with E-state index in [0.717, 1.165) is 18.4 Å². The molecule has 0 aliphatic heterocycles. The minimum Gasteiger partial charge on any atom is -0.322 e. The Morgan fingerprint density at radius 1 is 1.04 bits per heavy atom. The number of benzene rings is 2. The minimum atomic E-state index is -3.82. The molecule has 0 spiro atoms. The standard InChI is InChI=1S/C20H22Cl2N2O3S/c1-20(2,3)12-4-6-13(7-5-12)23-19(25)15-10-18(17(22)11-16(15)21)28(26,27)24-14-8-9-14/h4-7,10-11,14,24H,8-9H2,1-3H3,(H,23,25). The second-order valence-corrected chi connectivity index (χ2v) is 10.4. The lowest BCUT2D eigenvalue weighted by Crippen LogP contribution is -2.26. The molecule has 1 aliphatic carbocycles. The van der Waals surface area contributed by atoms with Gasteiger partial charge in [0.15, 0.2) is 0 Å². The Kier molecular flexibility index (Phi) is 5.79. The van der Waals surface area contributed by atoms with Crippen LogP contribution in [0.3, 0.4) is 0 Å². The van der Waals surface area contributed by atoms with E-state index in [1.54, 1.807) is 12.1 Å². The van der Waals surface area contributed by atoms with E-state index in [0.29, 0.717) is 5.69 Å². The second-order valence-electron chi connectivity index (χ2n) is 7.94. The molecule has 1 fully saturated rings. The summed E-state index contributed by atoms with van der Waals surface area (Å²) in [6, 6.07) is 9.90. The average molecular weight is 441 g/mol. The molecule has 0 bridgehead atoms. The van der Waals surface area contributed by atoms with Crippen LogP contribution in [0.1, 0.15) is 49.5 Å². The maximum atomic E-state index is 12.7. The van der Waals surface area contributed by atoms with Crippen LogP contribution in [0.15, 0.2) is 41.3 Å². The van der Waals surface area contributed by atoms with E-state index < -0.39 is 15.9 Å². The summed E-state index contributed by atoms with van der Waals surface area (Å²) in [6.07, 6.45) is 1.59. The zero-order valence-electron chi connectivity index (χ0n) is 15.8. The summed E-state index contributed by atoms with van der Waals surface area (Å²) < 4.78 is 27.6. The Labute approximate surface area is 175 Å². The molecule has 2 aromatic carbocycles. The van der Waals surface area contributed by atoms with Crippen molar-refractivity contribution in [3.63, 3.8) is 0 Å². The topological polar surface area (TPSA) is 75.3 Å². The largest absolute Gasteiger partial charge is 0.322 e. The smallest absolute Gasteiger partial charge is 0.257 e. The first kappa shape index (κ1) is 21.1. The van der Waals surface area contributed by atoms with Gasteiger partial charge in [-0.2, -0.15) is 0 Å². The van der Waals surface area contributed by atoms with Crippen molar-refractivity contribution in [3.8, 4) is 0 Å². The summed E-state index contributed by atoms with van der Waals surface area (Å²) in [5, 5.41) is 2.81. The molecule has 28 heavy (non-hydrogen) atoms. The number of halogens is 2. The van der Waals surface area contributed by atoms with Crippen molar-refractivity contribution >= 4 is 44.8 Å². The van der Waals surface area contributed by atoms with E-state index in [4.69, 9.17) is 23.2 Å². The first-order valence-corrected chi connectivity index (χ1v) is 11.1. The number of nitrogens with one attached hydrogen (secondary N) is 2. The van der Waals surface area contributed by atoms with Crippen molar-refractivity contribution in [2.45, 2.75) is 50.0 Å². The number of amides is 1. The molecule has 5 nitrogen and oxygen atoms in total. The van der Waals surface area contributed by atoms with Crippen molar-refractivity contribution in [1.82, 2.24) is 4.72 Å². The van der Waals surface area contributed by atoms with Crippen LogP contribution in [0.25, 0.3) is 0 Å². The van der Waals surface area contributed by atoms with E-state index in [9.17, 15) is 13.2 Å². The highest BCUT2D eigenvalue weighted by Gasteiger charge is 2.30. The van der Waals surface area contributed by atoms with Crippen molar-refractivity contribution in [3.05, 3.63) is 57.6 Å². The molecule has 0 heterocycles. The second kappa shape index (κ2) is 7.67. The quantitative estimate of drug-likeness (QED) is 0.687. The maximum absolute atomic E-state index is 12.7. The molecule has 0 unspecified atom stereocenters. The molecule has 0 radical (unpaired) electrons. The average Bonchev–Trinajstić information content (AvgIpc) is 3.37. The van der Waals surface area contributed by atoms with E-state index in [2.05, 4.69) is 30.8 Å². The lowest BCUT2D eigenvalue weighted by atomic mass is 9.87. The molecule has 150 valence electrons. The SMILES string of the molecule is CC(C)(C)c1ccc(NC(=O)c2cc(S(=O)(=O)NC3CC3)c(Cl)cc2Cl)cc1. The highest BCUT2D eigenvalue weighted by molar-refractivity contribution is 7.89. The van der Waals surface area contributed by atoms with Gasteiger partial charge in [-0.05, 0) is 48.1 Å². The monoisotopic (exact) mass is 440 g/mol. The van der Waals surface area contributed by atoms with E-state index in [1.165, 1.54) is 12.1 Å². The minimum absolute atomic E-state index is 0.000154. The molecule has 1 aliphatic rings. The first-order valence-electron chi connectivity index (χ1n) is 8.90. The van der Waals surface area contributed by atoms with E-state index in [1.807, 2.05) is 12.1 Å². The molecule has 8 heteroatoms. The number of anilines is 1. The van der Waals surface area contributed by atoms with E-state index >= 15 is 0 Å². The number of hydrogen-bond acceptors (Lipinski definition) is 3. The molecular formula is C20H22Cl2N2O3S. The Morgan fingerprint density at radius 2 is 1.64 bits per heavy atom. The fourth-order valence-electron chi connectivity index (χ4n) is 2.65. The van der Waals surface area contributed by atoms with Gasteiger partial charge in [-0.15, -0.1) is 0 Å². The van der Waals surface area contributed by atoms with Gasteiger partial charge in [0.1, 0.15) is 4.90 Å². The summed E-state index contributed by atoms with van der Waals surface area (Å²) >= 11 is 12.2. The van der Waals surface area contributed by atoms with Crippen LogP contribution in [-0.2, 0) is 15.4 Å². The summed E-state index contributed by atoms with van der Waals surface area (Å²) in [6.45, 7) is 6.31. The zero-order chi connectivity index (χ0) is 20.7. The molecule has 2 aromatic rings. The van der Waals surface area contributed by atoms with Gasteiger partial charge in [-0.25, -0.2) is 13.1 Å². The predicted molar refractivity (Wildman–Crippen MR) is 113 cm³/mol. The highest BCUT2D eigenvalue weighted by Crippen LogP contribution is 2.31. The van der Waals surface area contributed by atoms with Crippen molar-refractivity contribution in [2.75, 3.05) is 5.32 Å². The predicted octanol–water partition coefficient (Wildman–Crippen LogP) is 4.98. The molecule has 0 saturated heterocycles. The summed E-state index contributed by atoms with van der Waals surface area (Å²) in [7, 11) is -3.82. The van der Waals surface area contributed by atoms with Gasteiger partial charge in [0.2, 0.25) is 10.0 Å². The number of sulfonamides is 1. The third-order valence-corrected chi connectivity index (χ3v) is 6.76. The van der Waals surface area contributed by atoms with Gasteiger partial charge in [0, 0.05) is 11.7 Å². The third kappa shape index (κ3) is 4.87. The van der Waals surface area contributed by atoms with Crippen molar-refractivity contribution in [2.24, 2.45) is 0 Å². The molecule has 2 N–H and O–H groups in total. The summed E-state index contributed by atoms with van der Waals surface area (Å²) in [5.41, 5.74) is 1.76. The van der Waals surface area contributed by atoms with Crippen molar-refractivity contribution in [1.29, 1.82) is 0 Å². The summed E-state index contributed by atoms with van der Waals surface area (Å²) in [5.74, 6) is -0.506. The van der Waals surface area contributed by atoms with Crippen LogP contribution in [-0.4, -0.2) is 20.4 Å². The first-order chi connectivity index (χ1) is 13.0. The molecular weight excluding hydrogens is 419 g/mol. The molecule has 3 rings (SSSR count). The van der Waals surface area contributed by atoms with Gasteiger partial charge in [0.25, 0.3) is 5.91 Å². The molecule has 0 aromatic heterocycles. The fraction of sp³-hybridized carbons (Fsp3) is 0.350. The van der Waals surface area contributed by atoms with E-state index in [-0.39, 0.29) is 32.0 Å². The van der Waals surface area contributed by atoms with Gasteiger partial charge in [0.05, 0.1) is 15.6 Å². The molecule has 0 atom stereocenters. The Hall–Kier alpha value is -1.60. The molecule has 1 saturated carbocycles. The van der Waals surface area contributed by atoms with Crippen LogP contribution in [0, 0.1) is 0 Å². The number of carbonyl (C=O) groups is 1. The number of carbonyl (C=O) groups excluding carboxylic acids is 1. The lowest BCUT2D eigenvalue weighted by Gasteiger charge is -2.19. The Bertz CT molecular complexity index is 1010. The number of hydrogen-bond donors (Lipinski definition) is 2. The van der Waals surface area contributed by atoms with Gasteiger partial charge in [-0.3, -0.25) is 4.79 Å². The van der Waals surface area contributed by atoms with Crippen LogP contribution in [0.2, 0.25) is 10.0 Å². The third-order valence-electron chi connectivity index (χ3n) is 4.46. The Morgan fingerprint density at radius 3 is 2.18 bits per heavy atom. The summed E-state index contributed by atoms with van der Waals surface area (Å²) in [4.78, 5) is 12.5. The van der Waals surface area contributed by atoms with Gasteiger partial charge < -0.3 is 5.32 Å². The van der Waals surface area contributed by atoms with Crippen LogP contribution < -0.4 is 10.0 Å². The zero-order valence-corrected chi connectivity index (χ0v) is 18.2. The van der Waals surface area contributed by atoms with Gasteiger partial charge in [-0.1, -0.05) is 56.1 Å². The number of rotatable bonds is 5. The van der Waals surface area contributed by atoms with Crippen LogP contribution in [0.4, 0.5) is 5.69 Å². The molecule has 1 amide bonds. The van der Waals surface area contributed by atoms with Crippen molar-refractivity contribution < 1.29 is 13.2 Å². The van der Waals surface area contributed by atoms with Crippen LogP contribution in [0.5, 0.6) is 0 Å². The normalized spacial score (nSPS) is 14.8. The maximum Gasteiger partial charge on any atom is 0.257 e. The highest BCUT2D eigenvalue weighted by atomic mass is 35.5. The Balaban J connectivity index is 1.86. The van der Waals surface area contributed by atoms with Crippen LogP contribution >= 0.6 is 23.2 Å².